The van der Waals surface area contributed by atoms with Gasteiger partial charge in [0.05, 0.1) is 12.0 Å². The molecular weight excluding hydrogens is 174 g/mol. The number of aromatic nitrogens is 2. The van der Waals surface area contributed by atoms with Crippen molar-refractivity contribution in [1.82, 2.24) is 9.55 Å². The van der Waals surface area contributed by atoms with Crippen LogP contribution in [0.4, 0.5) is 0 Å². The molecule has 1 aromatic rings. The molecular formula is C11H21N3. The maximum atomic E-state index is 5.83. The molecule has 0 aliphatic heterocycles. The van der Waals surface area contributed by atoms with Crippen LogP contribution in [0.25, 0.3) is 0 Å². The fourth-order valence-electron chi connectivity index (χ4n) is 1.57. The summed E-state index contributed by atoms with van der Waals surface area (Å²) in [6.07, 6.45) is 6.20. The van der Waals surface area contributed by atoms with Crippen molar-refractivity contribution in [2.75, 3.05) is 0 Å². The first-order valence-electron chi connectivity index (χ1n) is 5.37. The van der Waals surface area contributed by atoms with Crippen molar-refractivity contribution in [2.24, 2.45) is 11.7 Å². The maximum Gasteiger partial charge on any atom is 0.0948 e. The Morgan fingerprint density at radius 2 is 2.14 bits per heavy atom. The van der Waals surface area contributed by atoms with Gasteiger partial charge in [-0.25, -0.2) is 4.98 Å². The first-order valence-corrected chi connectivity index (χ1v) is 5.37. The highest BCUT2D eigenvalue weighted by molar-refractivity contribution is 5.02. The molecule has 1 heterocycles. The van der Waals surface area contributed by atoms with Gasteiger partial charge in [0.25, 0.3) is 0 Å². The van der Waals surface area contributed by atoms with Gasteiger partial charge in [-0.2, -0.15) is 0 Å². The topological polar surface area (TPSA) is 43.8 Å². The van der Waals surface area contributed by atoms with Crippen LogP contribution < -0.4 is 5.73 Å². The summed E-state index contributed by atoms with van der Waals surface area (Å²) in [5.74, 6) is 0.775. The van der Waals surface area contributed by atoms with Crippen LogP contribution in [0.5, 0.6) is 0 Å². The third-order valence-corrected chi connectivity index (χ3v) is 2.39. The molecule has 3 nitrogen and oxygen atoms in total. The second kappa shape index (κ2) is 5.15. The summed E-state index contributed by atoms with van der Waals surface area (Å²) in [4.78, 5) is 4.12. The molecule has 0 aromatic carbocycles. The van der Waals surface area contributed by atoms with E-state index in [0.717, 1.165) is 18.2 Å². The van der Waals surface area contributed by atoms with Crippen LogP contribution in [0.15, 0.2) is 12.5 Å². The number of aryl methyl sites for hydroxylation is 1. The van der Waals surface area contributed by atoms with Gasteiger partial charge in [0.2, 0.25) is 0 Å². The summed E-state index contributed by atoms with van der Waals surface area (Å²) in [6, 6.07) is 0.0801. The van der Waals surface area contributed by atoms with Crippen LogP contribution in [0.1, 0.15) is 45.3 Å². The average molecular weight is 195 g/mol. The summed E-state index contributed by atoms with van der Waals surface area (Å²) in [5.41, 5.74) is 6.96. The summed E-state index contributed by atoms with van der Waals surface area (Å²) < 4.78 is 2.16. The number of rotatable bonds is 5. The minimum atomic E-state index is 0.0801. The molecule has 1 aromatic heterocycles. The van der Waals surface area contributed by atoms with E-state index in [-0.39, 0.29) is 6.04 Å². The van der Waals surface area contributed by atoms with Crippen LogP contribution in [0.3, 0.4) is 0 Å². The van der Waals surface area contributed by atoms with Crippen molar-refractivity contribution in [3.8, 4) is 0 Å². The molecule has 0 unspecified atom stereocenters. The van der Waals surface area contributed by atoms with Crippen LogP contribution in [0, 0.1) is 5.92 Å². The van der Waals surface area contributed by atoms with Gasteiger partial charge < -0.3 is 10.3 Å². The maximum absolute atomic E-state index is 5.83. The van der Waals surface area contributed by atoms with Crippen LogP contribution in [-0.2, 0) is 6.54 Å². The summed E-state index contributed by atoms with van der Waals surface area (Å²) in [6.45, 7) is 7.53. The molecule has 0 saturated carbocycles. The van der Waals surface area contributed by atoms with Gasteiger partial charge in [0.1, 0.15) is 0 Å². The van der Waals surface area contributed by atoms with Crippen molar-refractivity contribution in [3.05, 3.63) is 18.2 Å². The lowest BCUT2D eigenvalue weighted by Crippen LogP contribution is -2.12. The summed E-state index contributed by atoms with van der Waals surface area (Å²) in [7, 11) is 0. The standard InChI is InChI=1S/C11H21N3/c1-9(2)5-4-6-14-8-13-7-11(14)10(3)12/h7-10H,4-6,12H2,1-3H3/t10-/m1/s1. The van der Waals surface area contributed by atoms with E-state index in [1.54, 1.807) is 0 Å². The highest BCUT2D eigenvalue weighted by Crippen LogP contribution is 2.11. The minimum Gasteiger partial charge on any atom is -0.333 e. The third-order valence-electron chi connectivity index (χ3n) is 2.39. The molecule has 3 heteroatoms. The Morgan fingerprint density at radius 1 is 1.43 bits per heavy atom. The Balaban J connectivity index is 2.46. The zero-order valence-electron chi connectivity index (χ0n) is 9.40. The molecule has 2 N–H and O–H groups in total. The Bertz CT molecular complexity index is 263. The zero-order valence-corrected chi connectivity index (χ0v) is 9.40. The van der Waals surface area contributed by atoms with Crippen molar-refractivity contribution in [2.45, 2.75) is 46.2 Å². The third kappa shape index (κ3) is 3.14. The molecule has 0 radical (unpaired) electrons. The lowest BCUT2D eigenvalue weighted by Gasteiger charge is -2.11. The second-order valence-corrected chi connectivity index (χ2v) is 4.34. The van der Waals surface area contributed by atoms with Gasteiger partial charge in [-0.1, -0.05) is 13.8 Å². The number of hydrogen-bond donors (Lipinski definition) is 1. The van der Waals surface area contributed by atoms with Crippen molar-refractivity contribution >= 4 is 0 Å². The molecule has 0 aliphatic rings. The van der Waals surface area contributed by atoms with Crippen LogP contribution in [0.2, 0.25) is 0 Å². The first-order chi connectivity index (χ1) is 6.61. The molecule has 0 aliphatic carbocycles. The zero-order chi connectivity index (χ0) is 10.6. The smallest absolute Gasteiger partial charge is 0.0948 e. The molecule has 0 bridgehead atoms. The van der Waals surface area contributed by atoms with E-state index in [1.807, 2.05) is 19.4 Å². The van der Waals surface area contributed by atoms with E-state index in [9.17, 15) is 0 Å². The molecule has 1 atom stereocenters. The monoisotopic (exact) mass is 195 g/mol. The van der Waals surface area contributed by atoms with E-state index < -0.39 is 0 Å². The van der Waals surface area contributed by atoms with E-state index >= 15 is 0 Å². The number of nitrogens with two attached hydrogens (primary N) is 1. The average Bonchev–Trinajstić information content (AvgIpc) is 2.51. The quantitative estimate of drug-likeness (QED) is 0.783. The van der Waals surface area contributed by atoms with Crippen molar-refractivity contribution in [3.63, 3.8) is 0 Å². The molecule has 0 spiro atoms. The summed E-state index contributed by atoms with van der Waals surface area (Å²) >= 11 is 0. The Labute approximate surface area is 86.3 Å². The van der Waals surface area contributed by atoms with Crippen LogP contribution in [-0.4, -0.2) is 9.55 Å². The Morgan fingerprint density at radius 3 is 2.71 bits per heavy atom. The van der Waals surface area contributed by atoms with Gasteiger partial charge in [0.15, 0.2) is 0 Å². The SMILES string of the molecule is CC(C)CCCn1cncc1[C@@H](C)N. The normalized spacial score (nSPS) is 13.5. The number of hydrogen-bond acceptors (Lipinski definition) is 2. The Kier molecular flexibility index (Phi) is 4.14. The first kappa shape index (κ1) is 11.2. The van der Waals surface area contributed by atoms with E-state index in [4.69, 9.17) is 5.73 Å². The molecule has 1 rings (SSSR count). The predicted octanol–water partition coefficient (Wildman–Crippen LogP) is 2.34. The van der Waals surface area contributed by atoms with E-state index in [1.165, 1.54) is 12.8 Å². The molecule has 0 saturated heterocycles. The minimum absolute atomic E-state index is 0.0801. The van der Waals surface area contributed by atoms with Gasteiger partial charge in [-0.15, -0.1) is 0 Å². The van der Waals surface area contributed by atoms with Crippen LogP contribution >= 0.6 is 0 Å². The highest BCUT2D eigenvalue weighted by Gasteiger charge is 2.05. The number of imidazole rings is 1. The fraction of sp³-hybridized carbons (Fsp3) is 0.727. The van der Waals surface area contributed by atoms with Crippen molar-refractivity contribution in [1.29, 1.82) is 0 Å². The largest absolute Gasteiger partial charge is 0.333 e. The summed E-state index contributed by atoms with van der Waals surface area (Å²) in [5, 5.41) is 0. The highest BCUT2D eigenvalue weighted by atomic mass is 15.1. The van der Waals surface area contributed by atoms with Gasteiger partial charge >= 0.3 is 0 Å². The van der Waals surface area contributed by atoms with Gasteiger partial charge in [-0.3, -0.25) is 0 Å². The van der Waals surface area contributed by atoms with Gasteiger partial charge in [-0.05, 0) is 25.7 Å². The Hall–Kier alpha value is -0.830. The predicted molar refractivity (Wildman–Crippen MR) is 58.9 cm³/mol. The van der Waals surface area contributed by atoms with E-state index in [0.29, 0.717) is 0 Å². The molecule has 14 heavy (non-hydrogen) atoms. The van der Waals surface area contributed by atoms with E-state index in [2.05, 4.69) is 23.4 Å². The molecule has 80 valence electrons. The fourth-order valence-corrected chi connectivity index (χ4v) is 1.57. The van der Waals surface area contributed by atoms with Gasteiger partial charge in [0, 0.05) is 18.8 Å². The molecule has 0 fully saturated rings. The van der Waals surface area contributed by atoms with Crippen molar-refractivity contribution < 1.29 is 0 Å². The second-order valence-electron chi connectivity index (χ2n) is 4.34. The lowest BCUT2D eigenvalue weighted by atomic mass is 10.1. The number of nitrogens with zero attached hydrogens (tertiary/aromatic N) is 2. The molecule has 0 amide bonds. The lowest BCUT2D eigenvalue weighted by molar-refractivity contribution is 0.500.